The number of rotatable bonds is 5. The highest BCUT2D eigenvalue weighted by atomic mass is 16.2. The number of hydrogen-bond donors (Lipinski definition) is 1. The predicted molar refractivity (Wildman–Crippen MR) is 79.6 cm³/mol. The van der Waals surface area contributed by atoms with Crippen molar-refractivity contribution in [2.75, 3.05) is 18.4 Å². The number of urea groups is 1. The SMILES string of the molecule is CCN1C(=O)C(=O)N(CC(=O)Nc2cccc(C(C)=O)c2)C1=O. The molecule has 1 N–H and O–H groups in total. The lowest BCUT2D eigenvalue weighted by Crippen LogP contribution is -2.39. The Kier molecular flexibility index (Phi) is 4.54. The molecule has 0 aromatic heterocycles. The van der Waals surface area contributed by atoms with Crippen LogP contribution in [0.4, 0.5) is 10.5 Å². The fraction of sp³-hybridized carbons (Fsp3) is 0.267. The number of imide groups is 2. The van der Waals surface area contributed by atoms with Crippen LogP contribution in [-0.4, -0.2) is 52.4 Å². The van der Waals surface area contributed by atoms with Gasteiger partial charge in [0.2, 0.25) is 5.91 Å². The molecule has 0 aliphatic carbocycles. The zero-order valence-electron chi connectivity index (χ0n) is 12.7. The minimum absolute atomic E-state index is 0.0577. The Morgan fingerprint density at radius 3 is 2.30 bits per heavy atom. The Labute approximate surface area is 132 Å². The first kappa shape index (κ1) is 16.3. The van der Waals surface area contributed by atoms with Gasteiger partial charge in [0.1, 0.15) is 6.54 Å². The predicted octanol–water partition coefficient (Wildman–Crippen LogP) is 0.638. The Bertz CT molecular complexity index is 713. The normalized spacial score (nSPS) is 14.4. The molecule has 1 aliphatic heterocycles. The molecule has 1 aromatic rings. The number of carbonyl (C=O) groups is 5. The quantitative estimate of drug-likeness (QED) is 0.487. The first-order chi connectivity index (χ1) is 10.8. The van der Waals surface area contributed by atoms with Gasteiger partial charge in [-0.25, -0.2) is 9.69 Å². The second kappa shape index (κ2) is 6.39. The van der Waals surface area contributed by atoms with E-state index >= 15 is 0 Å². The van der Waals surface area contributed by atoms with Gasteiger partial charge in [-0.3, -0.25) is 24.1 Å². The lowest BCUT2D eigenvalue weighted by molar-refractivity contribution is -0.143. The summed E-state index contributed by atoms with van der Waals surface area (Å²) in [5.41, 5.74) is 0.781. The molecule has 8 nitrogen and oxygen atoms in total. The first-order valence-electron chi connectivity index (χ1n) is 6.93. The van der Waals surface area contributed by atoms with E-state index in [1.807, 2.05) is 0 Å². The van der Waals surface area contributed by atoms with E-state index in [-0.39, 0.29) is 12.3 Å². The highest BCUT2D eigenvalue weighted by Gasteiger charge is 2.44. The minimum Gasteiger partial charge on any atom is -0.325 e. The van der Waals surface area contributed by atoms with Crippen LogP contribution in [0.3, 0.4) is 0 Å². The first-order valence-corrected chi connectivity index (χ1v) is 6.93. The standard InChI is InChI=1S/C15H15N3O5/c1-3-17-13(21)14(22)18(15(17)23)8-12(20)16-11-6-4-5-10(7-11)9(2)19/h4-7H,3,8H2,1-2H3,(H,16,20). The van der Waals surface area contributed by atoms with E-state index in [4.69, 9.17) is 0 Å². The summed E-state index contributed by atoms with van der Waals surface area (Å²) in [5.74, 6) is -2.76. The number of ketones is 1. The monoisotopic (exact) mass is 317 g/mol. The molecule has 1 aliphatic rings. The summed E-state index contributed by atoms with van der Waals surface area (Å²) in [6.45, 7) is 2.44. The lowest BCUT2D eigenvalue weighted by Gasteiger charge is -2.14. The number of likely N-dealkylation sites (N-methyl/N-ethyl adjacent to an activating group) is 1. The van der Waals surface area contributed by atoms with Crippen LogP contribution >= 0.6 is 0 Å². The van der Waals surface area contributed by atoms with Gasteiger partial charge in [-0.2, -0.15) is 0 Å². The van der Waals surface area contributed by atoms with Gasteiger partial charge in [0.25, 0.3) is 0 Å². The highest BCUT2D eigenvalue weighted by molar-refractivity contribution is 6.45. The van der Waals surface area contributed by atoms with Gasteiger partial charge >= 0.3 is 17.8 Å². The molecule has 1 heterocycles. The molecule has 23 heavy (non-hydrogen) atoms. The Balaban J connectivity index is 2.07. The number of carbonyl (C=O) groups excluding carboxylic acids is 5. The number of anilines is 1. The smallest absolute Gasteiger partial charge is 0.325 e. The number of benzene rings is 1. The van der Waals surface area contributed by atoms with E-state index in [1.54, 1.807) is 25.1 Å². The molecule has 2 rings (SSSR count). The molecular formula is C15H15N3O5. The number of nitrogens with zero attached hydrogens (tertiary/aromatic N) is 2. The third-order valence-electron chi connectivity index (χ3n) is 3.31. The van der Waals surface area contributed by atoms with E-state index < -0.39 is 30.3 Å². The van der Waals surface area contributed by atoms with Crippen molar-refractivity contribution in [1.82, 2.24) is 9.80 Å². The van der Waals surface area contributed by atoms with E-state index in [9.17, 15) is 24.0 Å². The van der Waals surface area contributed by atoms with E-state index in [1.165, 1.54) is 13.0 Å². The van der Waals surface area contributed by atoms with Crippen LogP contribution in [0.1, 0.15) is 24.2 Å². The molecule has 1 aromatic carbocycles. The average molecular weight is 317 g/mol. The molecule has 120 valence electrons. The maximum Gasteiger partial charge on any atom is 0.334 e. The Morgan fingerprint density at radius 1 is 1.09 bits per heavy atom. The lowest BCUT2D eigenvalue weighted by atomic mass is 10.1. The van der Waals surface area contributed by atoms with Crippen molar-refractivity contribution in [2.45, 2.75) is 13.8 Å². The van der Waals surface area contributed by atoms with E-state index in [2.05, 4.69) is 5.32 Å². The van der Waals surface area contributed by atoms with Crippen LogP contribution < -0.4 is 5.32 Å². The van der Waals surface area contributed by atoms with Crippen molar-refractivity contribution in [3.63, 3.8) is 0 Å². The maximum absolute atomic E-state index is 12.0. The summed E-state index contributed by atoms with van der Waals surface area (Å²) >= 11 is 0. The van der Waals surface area contributed by atoms with Crippen LogP contribution in [0.2, 0.25) is 0 Å². The van der Waals surface area contributed by atoms with Gasteiger partial charge < -0.3 is 5.32 Å². The van der Waals surface area contributed by atoms with Gasteiger partial charge in [-0.05, 0) is 26.0 Å². The van der Waals surface area contributed by atoms with Crippen molar-refractivity contribution in [3.05, 3.63) is 29.8 Å². The zero-order valence-corrected chi connectivity index (χ0v) is 12.7. The summed E-state index contributed by atoms with van der Waals surface area (Å²) in [7, 11) is 0. The van der Waals surface area contributed by atoms with Gasteiger partial charge in [-0.15, -0.1) is 0 Å². The third-order valence-corrected chi connectivity index (χ3v) is 3.31. The molecule has 8 heteroatoms. The fourth-order valence-corrected chi connectivity index (χ4v) is 2.13. The van der Waals surface area contributed by atoms with Crippen LogP contribution in [0, 0.1) is 0 Å². The largest absolute Gasteiger partial charge is 0.334 e. The van der Waals surface area contributed by atoms with Crippen molar-refractivity contribution in [3.8, 4) is 0 Å². The topological polar surface area (TPSA) is 104 Å². The molecule has 0 spiro atoms. The molecule has 0 saturated carbocycles. The molecule has 5 amide bonds. The van der Waals surface area contributed by atoms with Crippen molar-refractivity contribution < 1.29 is 24.0 Å². The van der Waals surface area contributed by atoms with Crippen molar-refractivity contribution >= 4 is 35.2 Å². The molecular weight excluding hydrogens is 302 g/mol. The Hall–Kier alpha value is -3.03. The Morgan fingerprint density at radius 2 is 1.74 bits per heavy atom. The molecule has 0 atom stereocenters. The summed E-state index contributed by atoms with van der Waals surface area (Å²) < 4.78 is 0. The summed E-state index contributed by atoms with van der Waals surface area (Å²) in [5, 5.41) is 2.49. The van der Waals surface area contributed by atoms with Crippen LogP contribution in [0.5, 0.6) is 0 Å². The third kappa shape index (κ3) is 3.25. The summed E-state index contributed by atoms with van der Waals surface area (Å²) in [6.07, 6.45) is 0. The molecule has 0 unspecified atom stereocenters. The second-order valence-corrected chi connectivity index (χ2v) is 4.91. The molecule has 0 radical (unpaired) electrons. The summed E-state index contributed by atoms with van der Waals surface area (Å²) in [4.78, 5) is 59.8. The summed E-state index contributed by atoms with van der Waals surface area (Å²) in [6, 6.07) is 5.44. The van der Waals surface area contributed by atoms with Crippen LogP contribution in [-0.2, 0) is 14.4 Å². The van der Waals surface area contributed by atoms with Crippen LogP contribution in [0.15, 0.2) is 24.3 Å². The van der Waals surface area contributed by atoms with Gasteiger partial charge in [0.05, 0.1) is 0 Å². The van der Waals surface area contributed by atoms with Crippen molar-refractivity contribution in [2.24, 2.45) is 0 Å². The number of amides is 5. The maximum atomic E-state index is 12.0. The van der Waals surface area contributed by atoms with Gasteiger partial charge in [-0.1, -0.05) is 12.1 Å². The van der Waals surface area contributed by atoms with Crippen molar-refractivity contribution in [1.29, 1.82) is 0 Å². The van der Waals surface area contributed by atoms with Gasteiger partial charge in [0, 0.05) is 17.8 Å². The van der Waals surface area contributed by atoms with Gasteiger partial charge in [0.15, 0.2) is 5.78 Å². The number of hydrogen-bond acceptors (Lipinski definition) is 5. The molecule has 1 saturated heterocycles. The average Bonchev–Trinajstić information content (AvgIpc) is 2.71. The number of nitrogens with one attached hydrogen (secondary N) is 1. The fourth-order valence-electron chi connectivity index (χ4n) is 2.13. The number of Topliss-reactive ketones (excluding diaryl/α,β-unsaturated/α-hetero) is 1. The zero-order chi connectivity index (χ0) is 17.1. The van der Waals surface area contributed by atoms with Crippen LogP contribution in [0.25, 0.3) is 0 Å². The second-order valence-electron chi connectivity index (χ2n) is 4.91. The molecule has 1 fully saturated rings. The highest BCUT2D eigenvalue weighted by Crippen LogP contribution is 2.14. The molecule has 0 bridgehead atoms. The van der Waals surface area contributed by atoms with E-state index in [0.29, 0.717) is 16.2 Å². The minimum atomic E-state index is -1.02. The van der Waals surface area contributed by atoms with E-state index in [0.717, 1.165) is 4.90 Å².